The SMILES string of the molecule is Cc1cc(C(C)(C)C)ccc1O[C@@H](C)C#N. The standard InChI is InChI=1S/C14H19NO/c1-10-8-12(14(3,4)5)6-7-13(10)16-11(2)9-15/h6-8,11H,1-5H3/t11-/m0/s1. The van der Waals surface area contributed by atoms with Gasteiger partial charge in [-0.3, -0.25) is 0 Å². The lowest BCUT2D eigenvalue weighted by atomic mass is 9.86. The smallest absolute Gasteiger partial charge is 0.181 e. The summed E-state index contributed by atoms with van der Waals surface area (Å²) in [4.78, 5) is 0. The molecule has 0 fully saturated rings. The minimum atomic E-state index is -0.404. The van der Waals surface area contributed by atoms with Gasteiger partial charge in [0.15, 0.2) is 6.10 Å². The van der Waals surface area contributed by atoms with Crippen LogP contribution in [-0.4, -0.2) is 6.10 Å². The summed E-state index contributed by atoms with van der Waals surface area (Å²) in [5, 5.41) is 8.70. The van der Waals surface area contributed by atoms with Gasteiger partial charge in [-0.25, -0.2) is 0 Å². The van der Waals surface area contributed by atoms with Crippen molar-refractivity contribution < 1.29 is 4.74 Å². The highest BCUT2D eigenvalue weighted by molar-refractivity contribution is 5.39. The summed E-state index contributed by atoms with van der Waals surface area (Å²) < 4.78 is 5.50. The van der Waals surface area contributed by atoms with E-state index in [-0.39, 0.29) is 5.41 Å². The van der Waals surface area contributed by atoms with Gasteiger partial charge in [-0.1, -0.05) is 32.9 Å². The van der Waals surface area contributed by atoms with E-state index in [2.05, 4.69) is 39.0 Å². The van der Waals surface area contributed by atoms with Gasteiger partial charge < -0.3 is 4.74 Å². The predicted octanol–water partition coefficient (Wildman–Crippen LogP) is 3.58. The molecule has 1 atom stereocenters. The Hall–Kier alpha value is -1.49. The number of benzene rings is 1. The summed E-state index contributed by atoms with van der Waals surface area (Å²) in [6.45, 7) is 10.3. The van der Waals surface area contributed by atoms with Crippen molar-refractivity contribution in [3.63, 3.8) is 0 Å². The zero-order chi connectivity index (χ0) is 12.3. The van der Waals surface area contributed by atoms with E-state index in [4.69, 9.17) is 10.00 Å². The molecular weight excluding hydrogens is 198 g/mol. The van der Waals surface area contributed by atoms with Gasteiger partial charge in [-0.15, -0.1) is 0 Å². The number of aryl methyl sites for hydroxylation is 1. The number of ether oxygens (including phenoxy) is 1. The summed E-state index contributed by atoms with van der Waals surface area (Å²) in [6.07, 6.45) is -0.404. The summed E-state index contributed by atoms with van der Waals surface area (Å²) in [5.41, 5.74) is 2.50. The van der Waals surface area contributed by atoms with Crippen molar-refractivity contribution in [3.05, 3.63) is 29.3 Å². The van der Waals surface area contributed by atoms with Crippen LogP contribution in [-0.2, 0) is 5.41 Å². The van der Waals surface area contributed by atoms with Gasteiger partial charge in [-0.2, -0.15) is 5.26 Å². The molecule has 0 heterocycles. The van der Waals surface area contributed by atoms with Crippen molar-refractivity contribution in [1.82, 2.24) is 0 Å². The van der Waals surface area contributed by atoms with Crippen LogP contribution < -0.4 is 4.74 Å². The molecule has 0 spiro atoms. The highest BCUT2D eigenvalue weighted by atomic mass is 16.5. The lowest BCUT2D eigenvalue weighted by Gasteiger charge is -2.21. The van der Waals surface area contributed by atoms with Crippen LogP contribution in [0.3, 0.4) is 0 Å². The third kappa shape index (κ3) is 3.00. The molecule has 0 amide bonds. The van der Waals surface area contributed by atoms with Crippen LogP contribution in [0.15, 0.2) is 18.2 Å². The predicted molar refractivity (Wildman–Crippen MR) is 65.6 cm³/mol. The minimum absolute atomic E-state index is 0.143. The molecule has 2 heteroatoms. The lowest BCUT2D eigenvalue weighted by molar-refractivity contribution is 0.274. The maximum absolute atomic E-state index is 8.70. The molecule has 0 bridgehead atoms. The molecule has 0 aliphatic heterocycles. The number of hydrogen-bond acceptors (Lipinski definition) is 2. The summed E-state index contributed by atoms with van der Waals surface area (Å²) in [7, 11) is 0. The molecule has 0 saturated heterocycles. The molecule has 2 nitrogen and oxygen atoms in total. The highest BCUT2D eigenvalue weighted by Gasteiger charge is 2.15. The monoisotopic (exact) mass is 217 g/mol. The van der Waals surface area contributed by atoms with Crippen molar-refractivity contribution in [2.45, 2.75) is 46.1 Å². The molecule has 86 valence electrons. The first-order valence-electron chi connectivity index (χ1n) is 5.52. The third-order valence-electron chi connectivity index (χ3n) is 2.53. The first-order valence-corrected chi connectivity index (χ1v) is 5.52. The van der Waals surface area contributed by atoms with Crippen LogP contribution in [0.2, 0.25) is 0 Å². The Morgan fingerprint density at radius 1 is 1.31 bits per heavy atom. The average molecular weight is 217 g/mol. The second-order valence-corrected chi connectivity index (χ2v) is 5.12. The van der Waals surface area contributed by atoms with Crippen molar-refractivity contribution >= 4 is 0 Å². The van der Waals surface area contributed by atoms with E-state index < -0.39 is 6.10 Å². The van der Waals surface area contributed by atoms with Gasteiger partial charge in [0.05, 0.1) is 0 Å². The van der Waals surface area contributed by atoms with Gasteiger partial charge >= 0.3 is 0 Å². The van der Waals surface area contributed by atoms with Crippen LogP contribution in [0.4, 0.5) is 0 Å². The van der Waals surface area contributed by atoms with Gasteiger partial charge in [0.2, 0.25) is 0 Å². The maximum atomic E-state index is 8.70. The topological polar surface area (TPSA) is 33.0 Å². The van der Waals surface area contributed by atoms with E-state index >= 15 is 0 Å². The van der Waals surface area contributed by atoms with E-state index in [1.807, 2.05) is 13.0 Å². The van der Waals surface area contributed by atoms with Crippen molar-refractivity contribution in [1.29, 1.82) is 5.26 Å². The fourth-order valence-electron chi connectivity index (χ4n) is 1.46. The fraction of sp³-hybridized carbons (Fsp3) is 0.500. The molecular formula is C14H19NO. The van der Waals surface area contributed by atoms with Crippen molar-refractivity contribution in [3.8, 4) is 11.8 Å². The van der Waals surface area contributed by atoms with E-state index in [9.17, 15) is 0 Å². The van der Waals surface area contributed by atoms with Gasteiger partial charge in [0.25, 0.3) is 0 Å². The molecule has 0 saturated carbocycles. The molecule has 1 rings (SSSR count). The van der Waals surface area contributed by atoms with E-state index in [0.29, 0.717) is 0 Å². The van der Waals surface area contributed by atoms with Crippen LogP contribution in [0, 0.1) is 18.3 Å². The molecule has 1 aromatic carbocycles. The second-order valence-electron chi connectivity index (χ2n) is 5.12. The molecule has 16 heavy (non-hydrogen) atoms. The van der Waals surface area contributed by atoms with Crippen LogP contribution >= 0.6 is 0 Å². The van der Waals surface area contributed by atoms with Crippen LogP contribution in [0.5, 0.6) is 5.75 Å². The van der Waals surface area contributed by atoms with E-state index in [1.165, 1.54) is 5.56 Å². The zero-order valence-electron chi connectivity index (χ0n) is 10.7. The second kappa shape index (κ2) is 4.57. The van der Waals surface area contributed by atoms with Gasteiger partial charge in [-0.05, 0) is 36.5 Å². The van der Waals surface area contributed by atoms with Gasteiger partial charge in [0, 0.05) is 0 Å². The minimum Gasteiger partial charge on any atom is -0.476 e. The lowest BCUT2D eigenvalue weighted by Crippen LogP contribution is -2.13. The molecule has 0 radical (unpaired) electrons. The molecule has 1 aromatic rings. The van der Waals surface area contributed by atoms with Crippen molar-refractivity contribution in [2.24, 2.45) is 0 Å². The van der Waals surface area contributed by atoms with Gasteiger partial charge in [0.1, 0.15) is 11.8 Å². The molecule has 0 unspecified atom stereocenters. The first kappa shape index (κ1) is 12.6. The number of rotatable bonds is 2. The Bertz CT molecular complexity index is 410. The Morgan fingerprint density at radius 3 is 2.38 bits per heavy atom. The Balaban J connectivity index is 2.97. The van der Waals surface area contributed by atoms with E-state index in [0.717, 1.165) is 11.3 Å². The largest absolute Gasteiger partial charge is 0.476 e. The fourth-order valence-corrected chi connectivity index (χ4v) is 1.46. The Labute approximate surface area is 97.9 Å². The van der Waals surface area contributed by atoms with Crippen LogP contribution in [0.25, 0.3) is 0 Å². The highest BCUT2D eigenvalue weighted by Crippen LogP contribution is 2.27. The maximum Gasteiger partial charge on any atom is 0.181 e. The molecule has 0 aliphatic rings. The molecule has 0 aromatic heterocycles. The zero-order valence-corrected chi connectivity index (χ0v) is 10.7. The first-order chi connectivity index (χ1) is 7.34. The third-order valence-corrected chi connectivity index (χ3v) is 2.53. The van der Waals surface area contributed by atoms with Crippen molar-refractivity contribution in [2.75, 3.05) is 0 Å². The summed E-state index contributed by atoms with van der Waals surface area (Å²) in [5.74, 6) is 0.794. The number of nitriles is 1. The summed E-state index contributed by atoms with van der Waals surface area (Å²) in [6, 6.07) is 8.20. The van der Waals surface area contributed by atoms with E-state index in [1.54, 1.807) is 6.92 Å². The van der Waals surface area contributed by atoms with Crippen LogP contribution in [0.1, 0.15) is 38.8 Å². The Kier molecular flexibility index (Phi) is 3.59. The number of nitrogens with zero attached hydrogens (tertiary/aromatic N) is 1. The quantitative estimate of drug-likeness (QED) is 0.758. The average Bonchev–Trinajstić information content (AvgIpc) is 2.19. The summed E-state index contributed by atoms with van der Waals surface area (Å²) >= 11 is 0. The number of hydrogen-bond donors (Lipinski definition) is 0. The molecule has 0 N–H and O–H groups in total. The molecule has 0 aliphatic carbocycles. The Morgan fingerprint density at radius 2 is 1.94 bits per heavy atom. The normalized spacial score (nSPS) is 13.0.